The number of carbonyl (C=O) groups excluding carboxylic acids is 3. The lowest BCUT2D eigenvalue weighted by Gasteiger charge is -2.26. The summed E-state index contributed by atoms with van der Waals surface area (Å²) in [6, 6.07) is 11.6. The van der Waals surface area contributed by atoms with Gasteiger partial charge in [-0.25, -0.2) is 4.39 Å². The van der Waals surface area contributed by atoms with Crippen LogP contribution in [0.15, 0.2) is 48.5 Å². The zero-order chi connectivity index (χ0) is 23.5. The van der Waals surface area contributed by atoms with Crippen molar-refractivity contribution in [2.45, 2.75) is 25.9 Å². The molecule has 172 valence electrons. The number of benzene rings is 2. The summed E-state index contributed by atoms with van der Waals surface area (Å²) in [6.07, 6.45) is 2.34. The van der Waals surface area contributed by atoms with Gasteiger partial charge in [0.2, 0.25) is 11.8 Å². The molecule has 0 saturated carbocycles. The largest absolute Gasteiger partial charge is 0.350 e. The van der Waals surface area contributed by atoms with Gasteiger partial charge in [0.1, 0.15) is 11.9 Å². The van der Waals surface area contributed by atoms with Crippen molar-refractivity contribution in [1.82, 2.24) is 15.5 Å². The molecule has 0 aliphatic carbocycles. The molecule has 1 unspecified atom stereocenters. The minimum Gasteiger partial charge on any atom is -0.350 e. The number of amides is 3. The number of nitrogens with zero attached hydrogens (tertiary/aromatic N) is 1. The van der Waals surface area contributed by atoms with Gasteiger partial charge in [-0.2, -0.15) is 11.8 Å². The van der Waals surface area contributed by atoms with E-state index in [9.17, 15) is 18.8 Å². The van der Waals surface area contributed by atoms with E-state index in [0.717, 1.165) is 5.56 Å². The van der Waals surface area contributed by atoms with Crippen LogP contribution in [0.1, 0.15) is 29.3 Å². The van der Waals surface area contributed by atoms with E-state index >= 15 is 0 Å². The minimum absolute atomic E-state index is 0.145. The Morgan fingerprint density at radius 3 is 2.44 bits per heavy atom. The average Bonchev–Trinajstić information content (AvgIpc) is 2.79. The quantitative estimate of drug-likeness (QED) is 0.517. The molecule has 3 amide bonds. The second kappa shape index (κ2) is 13.1. The summed E-state index contributed by atoms with van der Waals surface area (Å²) >= 11 is 7.66. The third-order valence-electron chi connectivity index (χ3n) is 4.76. The van der Waals surface area contributed by atoms with E-state index in [1.165, 1.54) is 17.0 Å². The van der Waals surface area contributed by atoms with Crippen molar-refractivity contribution in [2.24, 2.45) is 0 Å². The molecule has 2 aromatic rings. The van der Waals surface area contributed by atoms with E-state index in [-0.39, 0.29) is 36.3 Å². The van der Waals surface area contributed by atoms with Crippen molar-refractivity contribution < 1.29 is 18.8 Å². The Morgan fingerprint density at radius 1 is 1.12 bits per heavy atom. The predicted octanol–water partition coefficient (Wildman–Crippen LogP) is 3.50. The van der Waals surface area contributed by atoms with Gasteiger partial charge in [0, 0.05) is 13.1 Å². The van der Waals surface area contributed by atoms with E-state index in [0.29, 0.717) is 23.7 Å². The topological polar surface area (TPSA) is 78.5 Å². The molecule has 0 saturated heterocycles. The molecular formula is C23H27ClFN3O3S. The van der Waals surface area contributed by atoms with Crippen molar-refractivity contribution in [1.29, 1.82) is 0 Å². The first-order valence-electron chi connectivity index (χ1n) is 10.2. The molecule has 0 fully saturated rings. The highest BCUT2D eigenvalue weighted by Crippen LogP contribution is 2.15. The molecule has 0 aromatic heterocycles. The fourth-order valence-corrected chi connectivity index (χ4v) is 3.67. The summed E-state index contributed by atoms with van der Waals surface area (Å²) < 4.78 is 13.0. The smallest absolute Gasteiger partial charge is 0.253 e. The third kappa shape index (κ3) is 7.84. The summed E-state index contributed by atoms with van der Waals surface area (Å²) in [5.41, 5.74) is 1.04. The fraction of sp³-hybridized carbons (Fsp3) is 0.348. The number of nitrogens with one attached hydrogen (secondary N) is 2. The molecule has 0 spiro atoms. The molecule has 0 bridgehead atoms. The second-order valence-corrected chi connectivity index (χ2v) is 8.44. The fourth-order valence-electron chi connectivity index (χ4n) is 2.97. The van der Waals surface area contributed by atoms with E-state index < -0.39 is 11.9 Å². The molecule has 0 aliphatic heterocycles. The first-order chi connectivity index (χ1) is 15.3. The first-order valence-corrected chi connectivity index (χ1v) is 12.0. The number of thioether (sulfide) groups is 1. The molecule has 6 nitrogen and oxygen atoms in total. The van der Waals surface area contributed by atoms with Gasteiger partial charge in [-0.05, 0) is 55.2 Å². The maximum absolute atomic E-state index is 13.1. The Hall–Kier alpha value is -2.58. The van der Waals surface area contributed by atoms with Crippen molar-refractivity contribution in [3.05, 3.63) is 70.5 Å². The summed E-state index contributed by atoms with van der Waals surface area (Å²) in [5.74, 6) is -0.803. The average molecular weight is 480 g/mol. The molecular weight excluding hydrogens is 453 g/mol. The highest BCUT2D eigenvalue weighted by molar-refractivity contribution is 7.98. The van der Waals surface area contributed by atoms with Gasteiger partial charge in [-0.3, -0.25) is 14.4 Å². The molecule has 9 heteroatoms. The van der Waals surface area contributed by atoms with Crippen LogP contribution in [0.2, 0.25) is 5.02 Å². The Morgan fingerprint density at radius 2 is 1.81 bits per heavy atom. The van der Waals surface area contributed by atoms with Crippen molar-refractivity contribution in [3.63, 3.8) is 0 Å². The second-order valence-electron chi connectivity index (χ2n) is 7.04. The zero-order valence-corrected chi connectivity index (χ0v) is 19.6. The minimum atomic E-state index is -0.781. The summed E-state index contributed by atoms with van der Waals surface area (Å²) in [6.45, 7) is 2.16. The summed E-state index contributed by atoms with van der Waals surface area (Å²) in [5, 5.41) is 5.79. The third-order valence-corrected chi connectivity index (χ3v) is 5.74. The molecule has 0 heterocycles. The number of hydrogen-bond donors (Lipinski definition) is 2. The summed E-state index contributed by atoms with van der Waals surface area (Å²) in [7, 11) is 0. The normalized spacial score (nSPS) is 11.5. The van der Waals surface area contributed by atoms with Gasteiger partial charge in [0.05, 0.1) is 17.1 Å². The van der Waals surface area contributed by atoms with Crippen LogP contribution >= 0.6 is 23.4 Å². The van der Waals surface area contributed by atoms with E-state index in [2.05, 4.69) is 10.6 Å². The maximum atomic E-state index is 13.1. The van der Waals surface area contributed by atoms with Crippen LogP contribution in [0, 0.1) is 5.82 Å². The lowest BCUT2D eigenvalue weighted by atomic mass is 10.1. The zero-order valence-electron chi connectivity index (χ0n) is 18.1. The van der Waals surface area contributed by atoms with Crippen LogP contribution in [0.25, 0.3) is 0 Å². The molecule has 0 aliphatic rings. The molecule has 0 radical (unpaired) electrons. The highest BCUT2D eigenvalue weighted by atomic mass is 35.5. The Labute approximate surface area is 196 Å². The van der Waals surface area contributed by atoms with Gasteiger partial charge in [-0.15, -0.1) is 0 Å². The molecule has 2 N–H and O–H groups in total. The number of carbonyl (C=O) groups is 3. The van der Waals surface area contributed by atoms with Crippen molar-refractivity contribution >= 4 is 41.1 Å². The Bertz CT molecular complexity index is 927. The monoisotopic (exact) mass is 479 g/mol. The maximum Gasteiger partial charge on any atom is 0.253 e. The Balaban J connectivity index is 2.01. The van der Waals surface area contributed by atoms with Crippen LogP contribution in [-0.4, -0.2) is 53.8 Å². The Kier molecular flexibility index (Phi) is 10.5. The van der Waals surface area contributed by atoms with Gasteiger partial charge in [-0.1, -0.05) is 35.9 Å². The summed E-state index contributed by atoms with van der Waals surface area (Å²) in [4.78, 5) is 39.6. The van der Waals surface area contributed by atoms with Crippen LogP contribution in [-0.2, 0) is 16.1 Å². The lowest BCUT2D eigenvalue weighted by Crippen LogP contribution is -2.51. The standard InChI is InChI=1S/C23H27ClFN3O3S/c1-3-28(15-21(29)26-14-16-8-10-17(25)11-9-16)23(31)20(12-13-32-2)27-22(30)18-6-4-5-7-19(18)24/h4-11,20H,3,12-15H2,1-2H3,(H,26,29)(H,27,30). The van der Waals surface area contributed by atoms with E-state index in [4.69, 9.17) is 11.6 Å². The van der Waals surface area contributed by atoms with Gasteiger partial charge < -0.3 is 15.5 Å². The van der Waals surface area contributed by atoms with Gasteiger partial charge in [0.15, 0.2) is 0 Å². The molecule has 2 aromatic carbocycles. The molecule has 1 atom stereocenters. The van der Waals surface area contributed by atoms with Gasteiger partial charge in [0.25, 0.3) is 5.91 Å². The predicted molar refractivity (Wildman–Crippen MR) is 126 cm³/mol. The van der Waals surface area contributed by atoms with Crippen molar-refractivity contribution in [3.8, 4) is 0 Å². The van der Waals surface area contributed by atoms with Crippen LogP contribution in [0.3, 0.4) is 0 Å². The van der Waals surface area contributed by atoms with E-state index in [1.807, 2.05) is 6.26 Å². The molecule has 2 rings (SSSR count). The SMILES string of the molecule is CCN(CC(=O)NCc1ccc(F)cc1)C(=O)C(CCSC)NC(=O)c1ccccc1Cl. The molecule has 32 heavy (non-hydrogen) atoms. The van der Waals surface area contributed by atoms with Crippen LogP contribution < -0.4 is 10.6 Å². The number of hydrogen-bond acceptors (Lipinski definition) is 4. The highest BCUT2D eigenvalue weighted by Gasteiger charge is 2.27. The number of rotatable bonds is 11. The van der Waals surface area contributed by atoms with Gasteiger partial charge >= 0.3 is 0 Å². The van der Waals surface area contributed by atoms with Crippen LogP contribution in [0.5, 0.6) is 0 Å². The van der Waals surface area contributed by atoms with Crippen molar-refractivity contribution in [2.75, 3.05) is 25.1 Å². The first kappa shape index (κ1) is 25.7. The lowest BCUT2D eigenvalue weighted by molar-refractivity contribution is -0.137. The van der Waals surface area contributed by atoms with E-state index in [1.54, 1.807) is 55.1 Å². The van der Waals surface area contributed by atoms with Crippen LogP contribution in [0.4, 0.5) is 4.39 Å². The number of likely N-dealkylation sites (N-methyl/N-ethyl adjacent to an activating group) is 1. The number of halogens is 2.